The van der Waals surface area contributed by atoms with E-state index in [1.165, 1.54) is 6.92 Å². The molecule has 0 radical (unpaired) electrons. The summed E-state index contributed by atoms with van der Waals surface area (Å²) in [7, 11) is 0. The number of aromatic nitrogens is 2. The van der Waals surface area contributed by atoms with Gasteiger partial charge in [-0.25, -0.2) is 4.98 Å². The number of aryl methyl sites for hydroxylation is 1. The Kier molecular flexibility index (Phi) is 6.77. The Labute approximate surface area is 202 Å². The molecule has 0 bridgehead atoms. The number of halogens is 2. The van der Waals surface area contributed by atoms with Crippen LogP contribution in [0.5, 0.6) is 0 Å². The lowest BCUT2D eigenvalue weighted by Crippen LogP contribution is -2.32. The van der Waals surface area contributed by atoms with Crippen LogP contribution in [0.15, 0.2) is 47.3 Å². The van der Waals surface area contributed by atoms with Gasteiger partial charge in [0.2, 0.25) is 0 Å². The summed E-state index contributed by atoms with van der Waals surface area (Å²) >= 11 is 12.5. The smallest absolute Gasteiger partial charge is 0.302 e. The van der Waals surface area contributed by atoms with Gasteiger partial charge in [-0.1, -0.05) is 54.4 Å². The predicted octanol–water partition coefficient (Wildman–Crippen LogP) is 5.44. The van der Waals surface area contributed by atoms with Crippen molar-refractivity contribution in [1.29, 1.82) is 0 Å². The van der Waals surface area contributed by atoms with Crippen molar-refractivity contribution in [3.63, 3.8) is 0 Å². The second-order valence-electron chi connectivity index (χ2n) is 7.96. The zero-order valence-corrected chi connectivity index (χ0v) is 20.2. The molecule has 0 unspecified atom stereocenters. The Bertz CT molecular complexity index is 1270. The van der Waals surface area contributed by atoms with E-state index >= 15 is 0 Å². The van der Waals surface area contributed by atoms with Gasteiger partial charge in [-0.05, 0) is 42.7 Å². The molecule has 2 atom stereocenters. The van der Waals surface area contributed by atoms with Gasteiger partial charge in [0.15, 0.2) is 0 Å². The first-order chi connectivity index (χ1) is 15.8. The third kappa shape index (κ3) is 4.50. The molecule has 1 aliphatic carbocycles. The summed E-state index contributed by atoms with van der Waals surface area (Å²) in [6.07, 6.45) is 0.708. The molecule has 33 heavy (non-hydrogen) atoms. The summed E-state index contributed by atoms with van der Waals surface area (Å²) in [5, 5.41) is 4.33. The fourth-order valence-corrected chi connectivity index (χ4v) is 4.87. The molecule has 0 amide bonds. The summed E-state index contributed by atoms with van der Waals surface area (Å²) in [6.45, 7) is 5.64. The molecule has 3 aromatic rings. The average molecular weight is 486 g/mol. The zero-order valence-electron chi connectivity index (χ0n) is 18.7. The highest BCUT2D eigenvalue weighted by Gasteiger charge is 2.36. The second kappa shape index (κ2) is 9.57. The zero-order chi connectivity index (χ0) is 23.7. The van der Waals surface area contributed by atoms with E-state index < -0.39 is 6.10 Å². The molecule has 8 heteroatoms. The van der Waals surface area contributed by atoms with E-state index in [1.807, 2.05) is 38.1 Å². The van der Waals surface area contributed by atoms with E-state index in [0.717, 1.165) is 11.1 Å². The summed E-state index contributed by atoms with van der Waals surface area (Å²) in [6, 6.07) is 12.7. The first-order valence-electron chi connectivity index (χ1n) is 10.9. The highest BCUT2D eigenvalue weighted by molar-refractivity contribution is 6.36. The molecule has 4 rings (SSSR count). The van der Waals surface area contributed by atoms with E-state index in [-0.39, 0.29) is 17.6 Å². The maximum atomic E-state index is 13.7. The van der Waals surface area contributed by atoms with Crippen LogP contribution in [0.2, 0.25) is 10.0 Å². The van der Waals surface area contributed by atoms with Gasteiger partial charge in [-0.3, -0.25) is 14.2 Å². The Morgan fingerprint density at radius 2 is 1.97 bits per heavy atom. The highest BCUT2D eigenvalue weighted by atomic mass is 35.5. The molecule has 1 aliphatic rings. The quantitative estimate of drug-likeness (QED) is 0.470. The number of anilines is 1. The number of fused-ring (bicyclic) bond motifs is 1. The van der Waals surface area contributed by atoms with Gasteiger partial charge < -0.3 is 10.1 Å². The fraction of sp³-hybridized carbons (Fsp3) is 0.320. The van der Waals surface area contributed by atoms with Crippen LogP contribution < -0.4 is 10.9 Å². The first kappa shape index (κ1) is 23.3. The van der Waals surface area contributed by atoms with Crippen LogP contribution in [0.4, 0.5) is 5.69 Å². The number of carbonyl (C=O) groups is 1. The van der Waals surface area contributed by atoms with E-state index in [2.05, 4.69) is 5.32 Å². The van der Waals surface area contributed by atoms with Gasteiger partial charge in [0.1, 0.15) is 17.6 Å². The topological polar surface area (TPSA) is 73.2 Å². The Balaban J connectivity index is 1.83. The number of rotatable bonds is 6. The van der Waals surface area contributed by atoms with Crippen molar-refractivity contribution in [3.05, 3.63) is 79.7 Å². The number of hydrogen-bond donors (Lipinski definition) is 1. The molecule has 2 aromatic carbocycles. The van der Waals surface area contributed by atoms with Crippen LogP contribution in [0.3, 0.4) is 0 Å². The molecular weight excluding hydrogens is 461 g/mol. The normalized spacial score (nSPS) is 17.0. The molecule has 1 aromatic heterocycles. The van der Waals surface area contributed by atoms with E-state index in [4.69, 9.17) is 32.9 Å². The van der Waals surface area contributed by atoms with Crippen LogP contribution in [-0.4, -0.2) is 21.6 Å². The molecule has 0 aliphatic heterocycles. The lowest BCUT2D eigenvalue weighted by Gasteiger charge is -2.24. The summed E-state index contributed by atoms with van der Waals surface area (Å²) in [5.41, 5.74) is 3.58. The molecule has 0 saturated carbocycles. The van der Waals surface area contributed by atoms with Crippen LogP contribution in [-0.2, 0) is 28.9 Å². The van der Waals surface area contributed by atoms with Gasteiger partial charge in [0.05, 0.1) is 16.8 Å². The lowest BCUT2D eigenvalue weighted by atomic mass is 10.1. The van der Waals surface area contributed by atoms with Crippen molar-refractivity contribution in [1.82, 2.24) is 9.55 Å². The summed E-state index contributed by atoms with van der Waals surface area (Å²) in [5.74, 6) is 0.141. The van der Waals surface area contributed by atoms with Crippen molar-refractivity contribution in [2.75, 3.05) is 5.32 Å². The molecule has 0 saturated heterocycles. The van der Waals surface area contributed by atoms with Crippen molar-refractivity contribution in [3.8, 4) is 11.4 Å². The number of nitrogens with one attached hydrogen (secondary N) is 1. The van der Waals surface area contributed by atoms with Crippen molar-refractivity contribution in [2.45, 2.75) is 52.3 Å². The molecule has 0 spiro atoms. The van der Waals surface area contributed by atoms with Crippen molar-refractivity contribution >= 4 is 34.9 Å². The monoisotopic (exact) mass is 485 g/mol. The van der Waals surface area contributed by atoms with Crippen LogP contribution >= 0.6 is 23.2 Å². The Morgan fingerprint density at radius 3 is 2.64 bits per heavy atom. The van der Waals surface area contributed by atoms with Gasteiger partial charge in [-0.2, -0.15) is 0 Å². The largest absolute Gasteiger partial charge is 0.460 e. The number of hydrogen-bond acceptors (Lipinski definition) is 5. The predicted molar refractivity (Wildman–Crippen MR) is 131 cm³/mol. The number of nitrogens with zero attached hydrogens (tertiary/aromatic N) is 2. The number of esters is 1. The maximum Gasteiger partial charge on any atom is 0.302 e. The minimum absolute atomic E-state index is 0.198. The number of carbonyl (C=O) groups excluding carboxylic acids is 1. The maximum absolute atomic E-state index is 13.7. The third-order valence-corrected chi connectivity index (χ3v) is 6.42. The summed E-state index contributed by atoms with van der Waals surface area (Å²) < 4.78 is 7.20. The molecule has 6 nitrogen and oxygen atoms in total. The van der Waals surface area contributed by atoms with Crippen LogP contribution in [0.1, 0.15) is 43.6 Å². The second-order valence-corrected chi connectivity index (χ2v) is 8.80. The molecule has 172 valence electrons. The summed E-state index contributed by atoms with van der Waals surface area (Å²) in [4.78, 5) is 30.2. The van der Waals surface area contributed by atoms with Gasteiger partial charge in [-0.15, -0.1) is 0 Å². The van der Waals surface area contributed by atoms with E-state index in [1.54, 1.807) is 22.8 Å². The Morgan fingerprint density at radius 1 is 1.21 bits per heavy atom. The van der Waals surface area contributed by atoms with Gasteiger partial charge in [0.25, 0.3) is 5.56 Å². The van der Waals surface area contributed by atoms with Crippen molar-refractivity contribution in [2.24, 2.45) is 0 Å². The minimum atomic E-state index is -0.413. The first-order valence-corrected chi connectivity index (χ1v) is 11.7. The highest BCUT2D eigenvalue weighted by Crippen LogP contribution is 2.36. The molecule has 0 fully saturated rings. The number of ether oxygens (including phenoxy) is 1. The number of benzene rings is 2. The van der Waals surface area contributed by atoms with Crippen LogP contribution in [0, 0.1) is 0 Å². The molecule has 1 N–H and O–H groups in total. The average Bonchev–Trinajstić information content (AvgIpc) is 3.11. The van der Waals surface area contributed by atoms with Gasteiger partial charge in [0, 0.05) is 30.5 Å². The van der Waals surface area contributed by atoms with Crippen LogP contribution in [0.25, 0.3) is 11.4 Å². The van der Waals surface area contributed by atoms with E-state index in [0.29, 0.717) is 52.2 Å². The minimum Gasteiger partial charge on any atom is -0.460 e. The van der Waals surface area contributed by atoms with Crippen molar-refractivity contribution < 1.29 is 9.53 Å². The molecular formula is C25H25Cl2N3O3. The lowest BCUT2D eigenvalue weighted by molar-refractivity contribution is -0.146. The third-order valence-electron chi connectivity index (χ3n) is 5.87. The van der Waals surface area contributed by atoms with E-state index in [9.17, 15) is 9.59 Å². The standard InChI is InChI=1S/C25H25Cl2N3O3/c1-4-20-23(29-22-17-9-7-6-8-15(17)12-21(22)33-14(3)31)25(32)30(5-2)24(28-20)18-11-10-16(26)13-19(18)27/h6-11,13,21-22,29H,4-5,12H2,1-3H3/t21-,22+/m0/s1. The van der Waals surface area contributed by atoms with Gasteiger partial charge >= 0.3 is 5.97 Å². The fourth-order valence-electron chi connectivity index (χ4n) is 4.38. The SMILES string of the molecule is CCc1nc(-c2ccc(Cl)cc2Cl)n(CC)c(=O)c1N[C@@H]1c2ccccc2C[C@@H]1OC(C)=O. The molecule has 1 heterocycles. The Hall–Kier alpha value is -2.83.